The molecule has 0 aliphatic heterocycles. The number of halogens is 1. The monoisotopic (exact) mass is 373 g/mol. The molecule has 0 radical (unpaired) electrons. The first kappa shape index (κ1) is 16.2. The van der Waals surface area contributed by atoms with Crippen LogP contribution in [0.15, 0.2) is 53.0 Å². The zero-order valence-corrected chi connectivity index (χ0v) is 14.4. The molecule has 0 aromatic heterocycles. The van der Waals surface area contributed by atoms with Crippen LogP contribution in [0, 0.1) is 0 Å². The molecule has 0 bridgehead atoms. The van der Waals surface area contributed by atoms with Gasteiger partial charge < -0.3 is 10.4 Å². The smallest absolute Gasteiger partial charge is 0.224 e. The third-order valence-electron chi connectivity index (χ3n) is 4.15. The van der Waals surface area contributed by atoms with E-state index in [1.807, 2.05) is 42.5 Å². The van der Waals surface area contributed by atoms with E-state index in [-0.39, 0.29) is 5.91 Å². The largest absolute Gasteiger partial charge is 0.388 e. The number of aliphatic hydroxyl groups is 1. The highest BCUT2D eigenvalue weighted by atomic mass is 79.9. The number of hydrogen-bond acceptors (Lipinski definition) is 2. The van der Waals surface area contributed by atoms with Gasteiger partial charge in [0.15, 0.2) is 0 Å². The second kappa shape index (κ2) is 7.28. The van der Waals surface area contributed by atoms with Gasteiger partial charge in [-0.15, -0.1) is 0 Å². The standard InChI is InChI=1S/C19H20BrNO2/c20-15-9-7-14(8-10-15)18(22)11-12-19(23)21-17-4-2-1-3-16(17)13-5-6-13/h1-4,7-10,13,18,22H,5-6,11-12H2,(H,21,23). The van der Waals surface area contributed by atoms with Crippen LogP contribution >= 0.6 is 15.9 Å². The molecule has 23 heavy (non-hydrogen) atoms. The number of anilines is 1. The van der Waals surface area contributed by atoms with Crippen molar-refractivity contribution in [3.63, 3.8) is 0 Å². The minimum Gasteiger partial charge on any atom is -0.388 e. The van der Waals surface area contributed by atoms with Crippen LogP contribution < -0.4 is 5.32 Å². The average molecular weight is 374 g/mol. The lowest BCUT2D eigenvalue weighted by molar-refractivity contribution is -0.116. The molecular weight excluding hydrogens is 354 g/mol. The fraction of sp³-hybridized carbons (Fsp3) is 0.316. The van der Waals surface area contributed by atoms with Gasteiger partial charge in [0.1, 0.15) is 0 Å². The van der Waals surface area contributed by atoms with Gasteiger partial charge >= 0.3 is 0 Å². The van der Waals surface area contributed by atoms with Gasteiger partial charge in [-0.2, -0.15) is 0 Å². The SMILES string of the molecule is O=C(CCC(O)c1ccc(Br)cc1)Nc1ccccc1C1CC1. The summed E-state index contributed by atoms with van der Waals surface area (Å²) in [7, 11) is 0. The Kier molecular flexibility index (Phi) is 5.13. The topological polar surface area (TPSA) is 49.3 Å². The minimum absolute atomic E-state index is 0.0470. The van der Waals surface area contributed by atoms with Gasteiger partial charge in [-0.3, -0.25) is 4.79 Å². The first-order chi connectivity index (χ1) is 11.1. The van der Waals surface area contributed by atoms with Crippen molar-refractivity contribution < 1.29 is 9.90 Å². The van der Waals surface area contributed by atoms with Crippen molar-refractivity contribution in [3.05, 3.63) is 64.1 Å². The number of carbonyl (C=O) groups is 1. The van der Waals surface area contributed by atoms with Crippen molar-refractivity contribution in [3.8, 4) is 0 Å². The Morgan fingerprint density at radius 3 is 2.57 bits per heavy atom. The Bertz CT molecular complexity index is 680. The fourth-order valence-electron chi connectivity index (χ4n) is 2.69. The maximum absolute atomic E-state index is 12.2. The summed E-state index contributed by atoms with van der Waals surface area (Å²) in [5.41, 5.74) is 2.98. The van der Waals surface area contributed by atoms with Crippen molar-refractivity contribution >= 4 is 27.5 Å². The summed E-state index contributed by atoms with van der Waals surface area (Å²) in [6.07, 6.45) is 2.51. The molecule has 2 aromatic carbocycles. The first-order valence-electron chi connectivity index (χ1n) is 7.96. The zero-order valence-electron chi connectivity index (χ0n) is 12.8. The number of aliphatic hydroxyl groups excluding tert-OH is 1. The summed E-state index contributed by atoms with van der Waals surface area (Å²) < 4.78 is 0.975. The van der Waals surface area contributed by atoms with E-state index >= 15 is 0 Å². The number of benzene rings is 2. The van der Waals surface area contributed by atoms with Gasteiger partial charge in [0, 0.05) is 16.6 Å². The Labute approximate surface area is 144 Å². The van der Waals surface area contributed by atoms with Crippen LogP contribution in [-0.2, 0) is 4.79 Å². The summed E-state index contributed by atoms with van der Waals surface area (Å²) >= 11 is 3.37. The zero-order chi connectivity index (χ0) is 16.2. The molecule has 0 saturated heterocycles. The predicted molar refractivity (Wildman–Crippen MR) is 95.4 cm³/mol. The van der Waals surface area contributed by atoms with Crippen molar-refractivity contribution in [1.82, 2.24) is 0 Å². The van der Waals surface area contributed by atoms with Crippen molar-refractivity contribution in [2.75, 3.05) is 5.32 Å². The van der Waals surface area contributed by atoms with Crippen LogP contribution in [-0.4, -0.2) is 11.0 Å². The second-order valence-corrected chi connectivity index (χ2v) is 6.93. The molecule has 1 atom stereocenters. The lowest BCUT2D eigenvalue weighted by Crippen LogP contribution is -2.14. The first-order valence-corrected chi connectivity index (χ1v) is 8.75. The molecule has 0 heterocycles. The summed E-state index contributed by atoms with van der Waals surface area (Å²) in [4.78, 5) is 12.2. The Morgan fingerprint density at radius 2 is 1.87 bits per heavy atom. The van der Waals surface area contributed by atoms with E-state index < -0.39 is 6.10 Å². The van der Waals surface area contributed by atoms with E-state index in [1.54, 1.807) is 0 Å². The number of hydrogen-bond donors (Lipinski definition) is 2. The molecule has 3 nitrogen and oxygen atoms in total. The molecule has 120 valence electrons. The molecule has 1 unspecified atom stereocenters. The van der Waals surface area contributed by atoms with Crippen LogP contribution in [0.4, 0.5) is 5.69 Å². The van der Waals surface area contributed by atoms with Crippen LogP contribution in [0.2, 0.25) is 0 Å². The molecule has 2 aromatic rings. The summed E-state index contributed by atoms with van der Waals surface area (Å²) in [6.45, 7) is 0. The fourth-order valence-corrected chi connectivity index (χ4v) is 2.96. The predicted octanol–water partition coefficient (Wildman–Crippen LogP) is 4.78. The third-order valence-corrected chi connectivity index (χ3v) is 4.68. The quantitative estimate of drug-likeness (QED) is 0.765. The molecule has 0 spiro atoms. The van der Waals surface area contributed by atoms with Crippen LogP contribution in [0.5, 0.6) is 0 Å². The van der Waals surface area contributed by atoms with E-state index in [4.69, 9.17) is 0 Å². The van der Waals surface area contributed by atoms with E-state index in [1.165, 1.54) is 18.4 Å². The number of amides is 1. The van der Waals surface area contributed by atoms with E-state index in [2.05, 4.69) is 27.3 Å². The van der Waals surface area contributed by atoms with Gasteiger partial charge in [-0.1, -0.05) is 46.3 Å². The summed E-state index contributed by atoms with van der Waals surface area (Å²) in [6, 6.07) is 15.5. The molecule has 1 aliphatic rings. The highest BCUT2D eigenvalue weighted by molar-refractivity contribution is 9.10. The van der Waals surface area contributed by atoms with Crippen LogP contribution in [0.3, 0.4) is 0 Å². The molecule has 4 heteroatoms. The minimum atomic E-state index is -0.618. The van der Waals surface area contributed by atoms with Crippen molar-refractivity contribution in [1.29, 1.82) is 0 Å². The van der Waals surface area contributed by atoms with Gasteiger partial charge in [-0.05, 0) is 54.5 Å². The van der Waals surface area contributed by atoms with Crippen LogP contribution in [0.25, 0.3) is 0 Å². The van der Waals surface area contributed by atoms with Crippen molar-refractivity contribution in [2.24, 2.45) is 0 Å². The van der Waals surface area contributed by atoms with Gasteiger partial charge in [-0.25, -0.2) is 0 Å². The summed E-state index contributed by atoms with van der Waals surface area (Å²) in [5.74, 6) is 0.550. The highest BCUT2D eigenvalue weighted by Gasteiger charge is 2.26. The van der Waals surface area contributed by atoms with Crippen molar-refractivity contribution in [2.45, 2.75) is 37.7 Å². The lowest BCUT2D eigenvalue weighted by Gasteiger charge is -2.13. The molecule has 3 rings (SSSR count). The van der Waals surface area contributed by atoms with Gasteiger partial charge in [0.05, 0.1) is 6.10 Å². The van der Waals surface area contributed by atoms with E-state index in [9.17, 15) is 9.90 Å². The number of carbonyl (C=O) groups excluding carboxylic acids is 1. The maximum Gasteiger partial charge on any atom is 0.224 e. The molecule has 1 fully saturated rings. The molecule has 2 N–H and O–H groups in total. The number of para-hydroxylation sites is 1. The molecule has 1 amide bonds. The van der Waals surface area contributed by atoms with E-state index in [0.717, 1.165) is 15.7 Å². The normalized spacial score (nSPS) is 15.2. The Morgan fingerprint density at radius 1 is 1.17 bits per heavy atom. The Balaban J connectivity index is 1.54. The molecular formula is C19H20BrNO2. The second-order valence-electron chi connectivity index (χ2n) is 6.02. The van der Waals surface area contributed by atoms with E-state index in [0.29, 0.717) is 18.8 Å². The highest BCUT2D eigenvalue weighted by Crippen LogP contribution is 2.43. The summed E-state index contributed by atoms with van der Waals surface area (Å²) in [5, 5.41) is 13.2. The van der Waals surface area contributed by atoms with Crippen LogP contribution in [0.1, 0.15) is 48.8 Å². The number of rotatable bonds is 6. The van der Waals surface area contributed by atoms with Gasteiger partial charge in [0.2, 0.25) is 5.91 Å². The third kappa shape index (κ3) is 4.43. The maximum atomic E-state index is 12.2. The van der Waals surface area contributed by atoms with Gasteiger partial charge in [0.25, 0.3) is 0 Å². The average Bonchev–Trinajstić information content (AvgIpc) is 3.39. The molecule has 1 aliphatic carbocycles. The number of nitrogens with one attached hydrogen (secondary N) is 1. The molecule has 1 saturated carbocycles. The Hall–Kier alpha value is -1.65. The lowest BCUT2D eigenvalue weighted by atomic mass is 10.0.